The van der Waals surface area contributed by atoms with Crippen molar-refractivity contribution in [2.75, 3.05) is 26.6 Å². The highest BCUT2D eigenvalue weighted by molar-refractivity contribution is 6.06. The van der Waals surface area contributed by atoms with Gasteiger partial charge in [-0.1, -0.05) is 12.1 Å². The van der Waals surface area contributed by atoms with E-state index in [-0.39, 0.29) is 22.7 Å². The van der Waals surface area contributed by atoms with Gasteiger partial charge < -0.3 is 23.9 Å². The normalized spacial score (nSPS) is 10.6. The number of methoxy groups -OCH3 is 3. The van der Waals surface area contributed by atoms with E-state index in [0.29, 0.717) is 34.0 Å². The molecule has 0 aliphatic rings. The van der Waals surface area contributed by atoms with E-state index >= 15 is 0 Å². The molecular weight excluding hydrogens is 430 g/mol. The van der Waals surface area contributed by atoms with E-state index in [1.54, 1.807) is 24.3 Å². The van der Waals surface area contributed by atoms with Crippen LogP contribution in [0.25, 0.3) is 22.6 Å². The number of nitrogens with zero attached hydrogens (tertiary/aromatic N) is 2. The van der Waals surface area contributed by atoms with E-state index in [1.165, 1.54) is 51.7 Å². The van der Waals surface area contributed by atoms with Gasteiger partial charge in [-0.25, -0.2) is 4.98 Å². The van der Waals surface area contributed by atoms with Crippen molar-refractivity contribution in [2.45, 2.75) is 0 Å². The van der Waals surface area contributed by atoms with Crippen molar-refractivity contribution >= 4 is 28.4 Å². The smallest absolute Gasteiger partial charge is 0.273 e. The Bertz CT molecular complexity index is 1340. The topological polar surface area (TPSA) is 126 Å². The number of rotatable bonds is 7. The van der Waals surface area contributed by atoms with Crippen molar-refractivity contribution < 1.29 is 28.3 Å². The number of nitrogens with one attached hydrogen (secondary N) is 1. The van der Waals surface area contributed by atoms with E-state index < -0.39 is 10.8 Å². The van der Waals surface area contributed by atoms with Crippen LogP contribution in [0.5, 0.6) is 17.2 Å². The molecule has 4 rings (SSSR count). The Kier molecular flexibility index (Phi) is 5.81. The van der Waals surface area contributed by atoms with Crippen molar-refractivity contribution in [3.63, 3.8) is 0 Å². The lowest BCUT2D eigenvalue weighted by molar-refractivity contribution is -0.384. The number of anilines is 1. The van der Waals surface area contributed by atoms with Crippen LogP contribution in [0.15, 0.2) is 59.0 Å². The van der Waals surface area contributed by atoms with E-state index in [9.17, 15) is 14.9 Å². The molecule has 0 atom stereocenters. The Morgan fingerprint density at radius 3 is 2.33 bits per heavy atom. The fraction of sp³-hybridized carbons (Fsp3) is 0.130. The molecule has 168 valence electrons. The van der Waals surface area contributed by atoms with Crippen molar-refractivity contribution in [1.82, 2.24) is 4.98 Å². The van der Waals surface area contributed by atoms with Crippen LogP contribution in [0.3, 0.4) is 0 Å². The highest BCUT2D eigenvalue weighted by atomic mass is 16.6. The van der Waals surface area contributed by atoms with Crippen LogP contribution in [0.4, 0.5) is 11.4 Å². The summed E-state index contributed by atoms with van der Waals surface area (Å²) < 4.78 is 21.7. The van der Waals surface area contributed by atoms with E-state index in [4.69, 9.17) is 18.6 Å². The predicted molar refractivity (Wildman–Crippen MR) is 120 cm³/mol. The molecule has 0 unspecified atom stereocenters. The maximum absolute atomic E-state index is 13.0. The minimum absolute atomic E-state index is 0.103. The Labute approximate surface area is 187 Å². The van der Waals surface area contributed by atoms with Crippen LogP contribution in [-0.2, 0) is 0 Å². The number of nitro groups is 1. The molecule has 0 radical (unpaired) electrons. The second-order valence-corrected chi connectivity index (χ2v) is 6.84. The molecule has 10 nitrogen and oxygen atoms in total. The van der Waals surface area contributed by atoms with Gasteiger partial charge in [-0.05, 0) is 30.3 Å². The highest BCUT2D eigenvalue weighted by Gasteiger charge is 2.20. The standard InChI is InChI=1S/C23H19N3O7/c1-30-19-10-13(11-20(31-2)21(19)32-3)22(27)24-16-7-5-4-6-15(16)23-25-17-9-8-14(26(28)29)12-18(17)33-23/h4-12H,1-3H3,(H,24,27). The van der Waals surface area contributed by atoms with Gasteiger partial charge in [-0.15, -0.1) is 0 Å². The molecule has 0 bridgehead atoms. The minimum Gasteiger partial charge on any atom is -0.493 e. The molecular formula is C23H19N3O7. The zero-order valence-electron chi connectivity index (χ0n) is 17.9. The van der Waals surface area contributed by atoms with Gasteiger partial charge >= 0.3 is 0 Å². The summed E-state index contributed by atoms with van der Waals surface area (Å²) in [5.41, 5.74) is 1.86. The van der Waals surface area contributed by atoms with Crippen LogP contribution < -0.4 is 19.5 Å². The average molecular weight is 449 g/mol. The zero-order chi connectivity index (χ0) is 23.5. The van der Waals surface area contributed by atoms with Crippen LogP contribution in [0, 0.1) is 10.1 Å². The second kappa shape index (κ2) is 8.87. The average Bonchev–Trinajstić information content (AvgIpc) is 3.26. The van der Waals surface area contributed by atoms with Crippen LogP contribution in [0.1, 0.15) is 10.4 Å². The Morgan fingerprint density at radius 1 is 1.00 bits per heavy atom. The molecule has 0 fully saturated rings. The maximum Gasteiger partial charge on any atom is 0.273 e. The lowest BCUT2D eigenvalue weighted by Crippen LogP contribution is -2.13. The van der Waals surface area contributed by atoms with Crippen molar-refractivity contribution in [2.24, 2.45) is 0 Å². The van der Waals surface area contributed by atoms with Gasteiger partial charge in [0.1, 0.15) is 5.52 Å². The van der Waals surface area contributed by atoms with E-state index in [2.05, 4.69) is 10.3 Å². The summed E-state index contributed by atoms with van der Waals surface area (Å²) in [6.45, 7) is 0. The first-order valence-corrected chi connectivity index (χ1v) is 9.71. The number of hydrogen-bond acceptors (Lipinski definition) is 8. The van der Waals surface area contributed by atoms with Gasteiger partial charge in [0, 0.05) is 11.6 Å². The molecule has 0 aliphatic carbocycles. The number of benzene rings is 3. The highest BCUT2D eigenvalue weighted by Crippen LogP contribution is 2.38. The quantitative estimate of drug-likeness (QED) is 0.318. The maximum atomic E-state index is 13.0. The van der Waals surface area contributed by atoms with Gasteiger partial charge in [-0.2, -0.15) is 0 Å². The molecule has 1 amide bonds. The molecule has 4 aromatic rings. The fourth-order valence-electron chi connectivity index (χ4n) is 3.33. The number of ether oxygens (including phenoxy) is 3. The Morgan fingerprint density at radius 2 is 1.70 bits per heavy atom. The van der Waals surface area contributed by atoms with Crippen LogP contribution >= 0.6 is 0 Å². The summed E-state index contributed by atoms with van der Waals surface area (Å²) in [7, 11) is 4.41. The number of hydrogen-bond donors (Lipinski definition) is 1. The number of oxazole rings is 1. The van der Waals surface area contributed by atoms with E-state index in [0.717, 1.165) is 0 Å². The number of carbonyl (C=O) groups excluding carboxylic acids is 1. The number of aromatic nitrogens is 1. The molecule has 0 saturated heterocycles. The molecule has 10 heteroatoms. The second-order valence-electron chi connectivity index (χ2n) is 6.84. The first-order chi connectivity index (χ1) is 15.9. The lowest BCUT2D eigenvalue weighted by atomic mass is 10.1. The largest absolute Gasteiger partial charge is 0.493 e. The zero-order valence-corrected chi connectivity index (χ0v) is 17.9. The third-order valence-corrected chi connectivity index (χ3v) is 4.92. The van der Waals surface area contributed by atoms with Crippen LogP contribution in [0.2, 0.25) is 0 Å². The van der Waals surface area contributed by atoms with Crippen molar-refractivity contribution in [3.05, 3.63) is 70.3 Å². The summed E-state index contributed by atoms with van der Waals surface area (Å²) >= 11 is 0. The first-order valence-electron chi connectivity index (χ1n) is 9.71. The summed E-state index contributed by atoms with van der Waals surface area (Å²) in [6, 6.07) is 14.2. The minimum atomic E-state index is -0.507. The SMILES string of the molecule is COc1cc(C(=O)Nc2ccccc2-c2nc3ccc([N+](=O)[O-])cc3o2)cc(OC)c1OC. The molecule has 0 saturated carbocycles. The number of non-ortho nitro benzene ring substituents is 1. The lowest BCUT2D eigenvalue weighted by Gasteiger charge is -2.14. The molecule has 0 aliphatic heterocycles. The van der Waals surface area contributed by atoms with Gasteiger partial charge in [0.2, 0.25) is 11.6 Å². The molecule has 1 N–H and O–H groups in total. The molecule has 1 aromatic heterocycles. The summed E-state index contributed by atoms with van der Waals surface area (Å²) in [6.07, 6.45) is 0. The van der Waals surface area contributed by atoms with Gasteiger partial charge in [-0.3, -0.25) is 14.9 Å². The number of fused-ring (bicyclic) bond motifs is 1. The number of nitro benzene ring substituents is 1. The Hall–Kier alpha value is -4.60. The molecule has 0 spiro atoms. The monoisotopic (exact) mass is 449 g/mol. The third kappa shape index (κ3) is 4.13. The molecule has 1 heterocycles. The van der Waals surface area contributed by atoms with Crippen molar-refractivity contribution in [1.29, 1.82) is 0 Å². The van der Waals surface area contributed by atoms with Crippen molar-refractivity contribution in [3.8, 4) is 28.7 Å². The first kappa shape index (κ1) is 21.6. The fourth-order valence-corrected chi connectivity index (χ4v) is 3.33. The Balaban J connectivity index is 1.70. The number of amides is 1. The predicted octanol–water partition coefficient (Wildman–Crippen LogP) is 4.68. The number of carbonyl (C=O) groups is 1. The molecule has 33 heavy (non-hydrogen) atoms. The van der Waals surface area contributed by atoms with Gasteiger partial charge in [0.05, 0.1) is 43.6 Å². The van der Waals surface area contributed by atoms with E-state index in [1.807, 2.05) is 0 Å². The summed E-state index contributed by atoms with van der Waals surface area (Å²) in [5.74, 6) is 0.851. The van der Waals surface area contributed by atoms with Gasteiger partial charge in [0.25, 0.3) is 11.6 Å². The number of para-hydroxylation sites is 1. The third-order valence-electron chi connectivity index (χ3n) is 4.92. The molecule has 3 aromatic carbocycles. The van der Waals surface area contributed by atoms with Gasteiger partial charge in [0.15, 0.2) is 17.1 Å². The van der Waals surface area contributed by atoms with Crippen LogP contribution in [-0.4, -0.2) is 37.1 Å². The summed E-state index contributed by atoms with van der Waals surface area (Å²) in [4.78, 5) is 28.0. The summed E-state index contributed by atoms with van der Waals surface area (Å²) in [5, 5.41) is 13.9.